The van der Waals surface area contributed by atoms with Gasteiger partial charge in [0.25, 0.3) is 0 Å². The van der Waals surface area contributed by atoms with Crippen LogP contribution in [-0.4, -0.2) is 36.8 Å². The van der Waals surface area contributed by atoms with Gasteiger partial charge in [-0.1, -0.05) is 6.92 Å². The zero-order valence-electron chi connectivity index (χ0n) is 10.2. The number of aliphatic hydroxyl groups excluding tert-OH is 1. The van der Waals surface area contributed by atoms with Gasteiger partial charge in [0.2, 0.25) is 5.91 Å². The number of hydrogen-bond donors (Lipinski definition) is 3. The van der Waals surface area contributed by atoms with Crippen LogP contribution < -0.4 is 10.6 Å². The molecular formula is C12H24N2O2. The largest absolute Gasteiger partial charge is 0.394 e. The molecule has 4 nitrogen and oxygen atoms in total. The zero-order valence-corrected chi connectivity index (χ0v) is 10.2. The Balaban J connectivity index is 2.13. The molecule has 0 spiro atoms. The molecule has 0 saturated carbocycles. The van der Waals surface area contributed by atoms with Crippen LogP contribution in [0.2, 0.25) is 0 Å². The first-order chi connectivity index (χ1) is 7.76. The van der Waals surface area contributed by atoms with Crippen LogP contribution in [0.25, 0.3) is 0 Å². The number of piperidine rings is 1. The fraction of sp³-hybridized carbons (Fsp3) is 0.917. The minimum atomic E-state index is -0.0690. The van der Waals surface area contributed by atoms with Crippen LogP contribution in [0, 0.1) is 5.92 Å². The topological polar surface area (TPSA) is 61.4 Å². The standard InChI is InChI=1S/C12H24N2O2/c1-2-11(9-15)14-12(16)4-3-10-5-7-13-8-6-10/h10-11,13,15H,2-9H2,1H3,(H,14,16). The van der Waals surface area contributed by atoms with Gasteiger partial charge in [-0.3, -0.25) is 4.79 Å². The second-order valence-corrected chi connectivity index (χ2v) is 4.59. The van der Waals surface area contributed by atoms with Gasteiger partial charge in [-0.15, -0.1) is 0 Å². The van der Waals surface area contributed by atoms with E-state index in [4.69, 9.17) is 5.11 Å². The first-order valence-corrected chi connectivity index (χ1v) is 6.37. The van der Waals surface area contributed by atoms with Crippen molar-refractivity contribution in [1.82, 2.24) is 10.6 Å². The maximum absolute atomic E-state index is 11.6. The Labute approximate surface area is 97.8 Å². The van der Waals surface area contributed by atoms with Gasteiger partial charge >= 0.3 is 0 Å². The summed E-state index contributed by atoms with van der Waals surface area (Å²) in [7, 11) is 0. The first kappa shape index (κ1) is 13.5. The highest BCUT2D eigenvalue weighted by Crippen LogP contribution is 2.17. The lowest BCUT2D eigenvalue weighted by Crippen LogP contribution is -2.37. The molecule has 0 aromatic carbocycles. The van der Waals surface area contributed by atoms with Gasteiger partial charge in [0.1, 0.15) is 0 Å². The number of carbonyl (C=O) groups excluding carboxylic acids is 1. The van der Waals surface area contributed by atoms with Crippen LogP contribution in [0.15, 0.2) is 0 Å². The van der Waals surface area contributed by atoms with Gasteiger partial charge in [-0.25, -0.2) is 0 Å². The molecule has 0 radical (unpaired) electrons. The molecule has 0 aromatic heterocycles. The van der Waals surface area contributed by atoms with E-state index >= 15 is 0 Å². The van der Waals surface area contributed by atoms with E-state index in [9.17, 15) is 4.79 Å². The Morgan fingerprint density at radius 3 is 2.75 bits per heavy atom. The molecule has 1 fully saturated rings. The summed E-state index contributed by atoms with van der Waals surface area (Å²) in [4.78, 5) is 11.6. The Morgan fingerprint density at radius 1 is 1.50 bits per heavy atom. The molecule has 0 aromatic rings. The highest BCUT2D eigenvalue weighted by molar-refractivity contribution is 5.76. The average Bonchev–Trinajstić information content (AvgIpc) is 2.34. The molecule has 1 aliphatic rings. The second kappa shape index (κ2) is 7.63. The Morgan fingerprint density at radius 2 is 2.19 bits per heavy atom. The summed E-state index contributed by atoms with van der Waals surface area (Å²) >= 11 is 0. The van der Waals surface area contributed by atoms with E-state index in [1.807, 2.05) is 6.92 Å². The predicted molar refractivity (Wildman–Crippen MR) is 64.1 cm³/mol. The molecule has 4 heteroatoms. The second-order valence-electron chi connectivity index (χ2n) is 4.59. The molecular weight excluding hydrogens is 204 g/mol. The van der Waals surface area contributed by atoms with Crippen molar-refractivity contribution in [3.63, 3.8) is 0 Å². The van der Waals surface area contributed by atoms with E-state index < -0.39 is 0 Å². The first-order valence-electron chi connectivity index (χ1n) is 6.37. The molecule has 1 unspecified atom stereocenters. The van der Waals surface area contributed by atoms with Gasteiger partial charge in [0.15, 0.2) is 0 Å². The van der Waals surface area contributed by atoms with E-state index in [2.05, 4.69) is 10.6 Å². The molecule has 1 aliphatic heterocycles. The summed E-state index contributed by atoms with van der Waals surface area (Å²) in [5, 5.41) is 15.1. The fourth-order valence-corrected chi connectivity index (χ4v) is 2.08. The summed E-state index contributed by atoms with van der Waals surface area (Å²) in [6, 6.07) is -0.0690. The quantitative estimate of drug-likeness (QED) is 0.625. The van der Waals surface area contributed by atoms with Crippen molar-refractivity contribution in [2.45, 2.75) is 45.1 Å². The summed E-state index contributed by atoms with van der Waals surface area (Å²) in [5.74, 6) is 0.778. The summed E-state index contributed by atoms with van der Waals surface area (Å²) in [6.45, 7) is 4.17. The lowest BCUT2D eigenvalue weighted by Gasteiger charge is -2.22. The van der Waals surface area contributed by atoms with E-state index in [0.717, 1.165) is 25.9 Å². The van der Waals surface area contributed by atoms with E-state index in [1.54, 1.807) is 0 Å². The molecule has 94 valence electrons. The summed E-state index contributed by atoms with van der Waals surface area (Å²) in [6.07, 6.45) is 4.74. The van der Waals surface area contributed by atoms with Crippen molar-refractivity contribution in [2.24, 2.45) is 5.92 Å². The van der Waals surface area contributed by atoms with Crippen molar-refractivity contribution in [2.75, 3.05) is 19.7 Å². The minimum absolute atomic E-state index is 0.0373. The minimum Gasteiger partial charge on any atom is -0.394 e. The van der Waals surface area contributed by atoms with Gasteiger partial charge in [-0.2, -0.15) is 0 Å². The number of aliphatic hydroxyl groups is 1. The summed E-state index contributed by atoms with van der Waals surface area (Å²) < 4.78 is 0. The third kappa shape index (κ3) is 4.94. The molecule has 3 N–H and O–H groups in total. The van der Waals surface area contributed by atoms with Crippen molar-refractivity contribution in [3.05, 3.63) is 0 Å². The molecule has 0 bridgehead atoms. The van der Waals surface area contributed by atoms with Crippen LogP contribution in [0.4, 0.5) is 0 Å². The predicted octanol–water partition coefficient (Wildman–Crippen LogP) is 0.653. The summed E-state index contributed by atoms with van der Waals surface area (Å²) in [5.41, 5.74) is 0. The van der Waals surface area contributed by atoms with Gasteiger partial charge in [0.05, 0.1) is 12.6 Å². The van der Waals surface area contributed by atoms with Gasteiger partial charge in [0, 0.05) is 6.42 Å². The Hall–Kier alpha value is -0.610. The van der Waals surface area contributed by atoms with E-state index in [1.165, 1.54) is 12.8 Å². The number of nitrogens with one attached hydrogen (secondary N) is 2. The van der Waals surface area contributed by atoms with Crippen molar-refractivity contribution in [3.8, 4) is 0 Å². The Bertz CT molecular complexity index is 199. The van der Waals surface area contributed by atoms with Crippen molar-refractivity contribution < 1.29 is 9.90 Å². The number of amides is 1. The van der Waals surface area contributed by atoms with Crippen LogP contribution in [0.1, 0.15) is 39.0 Å². The maximum Gasteiger partial charge on any atom is 0.220 e. The molecule has 1 heterocycles. The number of carbonyl (C=O) groups is 1. The van der Waals surface area contributed by atoms with Crippen LogP contribution in [0.3, 0.4) is 0 Å². The normalized spacial score (nSPS) is 19.4. The smallest absolute Gasteiger partial charge is 0.220 e. The van der Waals surface area contributed by atoms with Crippen molar-refractivity contribution >= 4 is 5.91 Å². The van der Waals surface area contributed by atoms with E-state index in [0.29, 0.717) is 12.3 Å². The average molecular weight is 228 g/mol. The molecule has 0 aliphatic carbocycles. The zero-order chi connectivity index (χ0) is 11.8. The lowest BCUT2D eigenvalue weighted by atomic mass is 9.93. The molecule has 1 rings (SSSR count). The highest BCUT2D eigenvalue weighted by Gasteiger charge is 2.15. The lowest BCUT2D eigenvalue weighted by molar-refractivity contribution is -0.122. The molecule has 16 heavy (non-hydrogen) atoms. The number of rotatable bonds is 6. The highest BCUT2D eigenvalue weighted by atomic mass is 16.3. The van der Waals surface area contributed by atoms with Crippen LogP contribution in [-0.2, 0) is 4.79 Å². The van der Waals surface area contributed by atoms with Crippen LogP contribution in [0.5, 0.6) is 0 Å². The van der Waals surface area contributed by atoms with Crippen LogP contribution >= 0.6 is 0 Å². The molecule has 1 saturated heterocycles. The number of hydrogen-bond acceptors (Lipinski definition) is 3. The van der Waals surface area contributed by atoms with Crippen molar-refractivity contribution in [1.29, 1.82) is 0 Å². The maximum atomic E-state index is 11.6. The third-order valence-electron chi connectivity index (χ3n) is 3.32. The SMILES string of the molecule is CCC(CO)NC(=O)CCC1CCNCC1. The third-order valence-corrected chi connectivity index (χ3v) is 3.32. The molecule has 1 amide bonds. The Kier molecular flexibility index (Phi) is 6.42. The monoisotopic (exact) mass is 228 g/mol. The van der Waals surface area contributed by atoms with Gasteiger partial charge < -0.3 is 15.7 Å². The fourth-order valence-electron chi connectivity index (χ4n) is 2.08. The van der Waals surface area contributed by atoms with Gasteiger partial charge in [-0.05, 0) is 44.7 Å². The molecule has 1 atom stereocenters. The van der Waals surface area contributed by atoms with E-state index in [-0.39, 0.29) is 18.6 Å².